The number of nitrogens with zero attached hydrogens (tertiary/aromatic N) is 3. The van der Waals surface area contributed by atoms with Crippen molar-refractivity contribution < 1.29 is 13.5 Å². The van der Waals surface area contributed by atoms with Gasteiger partial charge in [0, 0.05) is 24.5 Å². The molecule has 0 amide bonds. The predicted molar refractivity (Wildman–Crippen MR) is 151 cm³/mol. The molecule has 3 nitrogen and oxygen atoms in total. The van der Waals surface area contributed by atoms with E-state index in [9.17, 15) is 0 Å². The van der Waals surface area contributed by atoms with Crippen LogP contribution in [0.5, 0.6) is 0 Å². The molecular formula is C29H36Cl2N3Ru-. The second-order valence-electron chi connectivity index (χ2n) is 9.21. The molecule has 35 heavy (non-hydrogen) atoms. The van der Waals surface area contributed by atoms with E-state index in [4.69, 9.17) is 19.4 Å². The van der Waals surface area contributed by atoms with Gasteiger partial charge in [-0.1, -0.05) is 35.4 Å². The third-order valence-corrected chi connectivity index (χ3v) is 8.37. The molecule has 0 aliphatic carbocycles. The molecule has 1 aliphatic heterocycles. The molecule has 3 aromatic rings. The van der Waals surface area contributed by atoms with Gasteiger partial charge in [0.1, 0.15) is 0 Å². The maximum absolute atomic E-state index is 5.68. The van der Waals surface area contributed by atoms with Crippen LogP contribution in [0.4, 0.5) is 11.4 Å². The van der Waals surface area contributed by atoms with Crippen LogP contribution in [0.1, 0.15) is 45.5 Å². The Balaban J connectivity index is 0.000000241. The molecule has 0 spiro atoms. The Kier molecular flexibility index (Phi) is 10.3. The second-order valence-corrected chi connectivity index (χ2v) is 15.1. The Bertz CT molecular complexity index is 1060. The summed E-state index contributed by atoms with van der Waals surface area (Å²) in [4.78, 5) is 9.00. The van der Waals surface area contributed by atoms with Crippen molar-refractivity contribution >= 4 is 35.4 Å². The van der Waals surface area contributed by atoms with Crippen molar-refractivity contribution in [2.45, 2.75) is 54.4 Å². The molecule has 0 atom stereocenters. The van der Waals surface area contributed by atoms with Gasteiger partial charge < -0.3 is 9.80 Å². The van der Waals surface area contributed by atoms with Gasteiger partial charge >= 0.3 is 85.4 Å². The van der Waals surface area contributed by atoms with Crippen LogP contribution >= 0.6 is 19.4 Å². The van der Waals surface area contributed by atoms with Crippen LogP contribution in [-0.2, 0) is 19.9 Å². The molecule has 0 saturated carbocycles. The first kappa shape index (κ1) is 27.8. The van der Waals surface area contributed by atoms with Crippen molar-refractivity contribution in [3.05, 3.63) is 94.4 Å². The van der Waals surface area contributed by atoms with E-state index in [0.717, 1.165) is 31.6 Å². The van der Waals surface area contributed by atoms with E-state index in [0.29, 0.717) is 0 Å². The maximum atomic E-state index is 5.68. The number of benzene rings is 2. The molecule has 4 rings (SSSR count). The van der Waals surface area contributed by atoms with Gasteiger partial charge in [-0.25, -0.2) is 0 Å². The third-order valence-electron chi connectivity index (χ3n) is 6.04. The summed E-state index contributed by atoms with van der Waals surface area (Å²) in [7, 11) is 11.4. The number of hydrogen-bond donors (Lipinski definition) is 0. The molecule has 1 saturated heterocycles. The topological polar surface area (TPSA) is 19.4 Å². The van der Waals surface area contributed by atoms with E-state index in [-0.39, 0.29) is 0 Å². The zero-order valence-electron chi connectivity index (χ0n) is 21.6. The van der Waals surface area contributed by atoms with Crippen LogP contribution < -0.4 is 9.80 Å². The van der Waals surface area contributed by atoms with Gasteiger partial charge in [0.2, 0.25) is 0 Å². The number of aromatic nitrogens is 1. The Morgan fingerprint density at radius 3 is 1.71 bits per heavy atom. The molecule has 0 bridgehead atoms. The van der Waals surface area contributed by atoms with Crippen LogP contribution in [0.2, 0.25) is 0 Å². The van der Waals surface area contributed by atoms with Gasteiger partial charge in [0.05, 0.1) is 0 Å². The molecular weight excluding hydrogens is 562 g/mol. The van der Waals surface area contributed by atoms with Gasteiger partial charge in [0.25, 0.3) is 0 Å². The van der Waals surface area contributed by atoms with E-state index < -0.39 is 13.5 Å². The number of hydrogen-bond acceptors (Lipinski definition) is 3. The first-order valence-corrected chi connectivity index (χ1v) is 17.4. The summed E-state index contributed by atoms with van der Waals surface area (Å²) >= 11 is -1.56. The Labute approximate surface area is 224 Å². The van der Waals surface area contributed by atoms with Crippen LogP contribution in [0.3, 0.4) is 0 Å². The molecule has 0 unspecified atom stereocenters. The minimum atomic E-state index is -1.56. The molecule has 2 aromatic carbocycles. The average Bonchev–Trinajstić information content (AvgIpc) is 3.22. The van der Waals surface area contributed by atoms with Gasteiger partial charge in [-0.05, 0) is 63.8 Å². The fourth-order valence-corrected chi connectivity index (χ4v) is 6.45. The van der Waals surface area contributed by atoms with Crippen molar-refractivity contribution in [3.8, 4) is 0 Å². The number of anilines is 2. The standard InChI is InChI=1S/C21H27N2.C8H9N.2ClH.Ru/c1-14-9-16(3)20(17(4)10-14)22-7-8-23(13-22)21-18(5)11-15(2)12-19(21)6;1-2-5-8-6-3-4-7-9-8;;;/h9-13H,7-8H2,1-6H3;1,3-4,6-7H,2,5H2;2*1H;/q-1;;;;+2/p-2. The summed E-state index contributed by atoms with van der Waals surface area (Å²) in [5.74, 6) is 0. The molecule has 1 fully saturated rings. The molecule has 1 aromatic heterocycles. The van der Waals surface area contributed by atoms with Crippen molar-refractivity contribution in [2.75, 3.05) is 22.9 Å². The number of pyridine rings is 1. The Morgan fingerprint density at radius 2 is 1.31 bits per heavy atom. The molecule has 0 radical (unpaired) electrons. The van der Waals surface area contributed by atoms with Gasteiger partial charge in [0.15, 0.2) is 0 Å². The summed E-state index contributed by atoms with van der Waals surface area (Å²) in [6.45, 7) is 17.6. The molecule has 2 heterocycles. The molecule has 6 heteroatoms. The summed E-state index contributed by atoms with van der Waals surface area (Å²) < 4.78 is 2.00. The van der Waals surface area contributed by atoms with E-state index in [1.165, 1.54) is 44.8 Å². The zero-order valence-corrected chi connectivity index (χ0v) is 24.8. The van der Waals surface area contributed by atoms with Crippen LogP contribution in [0, 0.1) is 48.2 Å². The summed E-state index contributed by atoms with van der Waals surface area (Å²) in [6.07, 6.45) is 3.67. The number of aryl methyl sites for hydroxylation is 7. The first-order chi connectivity index (χ1) is 16.7. The monoisotopic (exact) mass is 598 g/mol. The average molecular weight is 599 g/mol. The van der Waals surface area contributed by atoms with E-state index in [2.05, 4.69) is 87.3 Å². The Morgan fingerprint density at radius 1 is 0.829 bits per heavy atom. The van der Waals surface area contributed by atoms with E-state index >= 15 is 0 Å². The quantitative estimate of drug-likeness (QED) is 0.222. The van der Waals surface area contributed by atoms with Crippen molar-refractivity contribution in [3.63, 3.8) is 0 Å². The van der Waals surface area contributed by atoms with E-state index in [1.807, 2.05) is 22.8 Å². The predicted octanol–water partition coefficient (Wildman–Crippen LogP) is 7.73. The van der Waals surface area contributed by atoms with Gasteiger partial charge in [-0.15, -0.1) is 0 Å². The number of halogens is 2. The first-order valence-electron chi connectivity index (χ1n) is 11.9. The number of rotatable bonds is 5. The van der Waals surface area contributed by atoms with Crippen LogP contribution in [-0.4, -0.2) is 22.7 Å². The summed E-state index contributed by atoms with van der Waals surface area (Å²) in [5.41, 5.74) is 11.9. The zero-order chi connectivity index (χ0) is 25.5. The summed E-state index contributed by atoms with van der Waals surface area (Å²) in [5, 5.41) is 0. The normalized spacial score (nSPS) is 13.4. The van der Waals surface area contributed by atoms with Crippen molar-refractivity contribution in [1.82, 2.24) is 4.98 Å². The van der Waals surface area contributed by atoms with Crippen molar-refractivity contribution in [2.24, 2.45) is 0 Å². The fourth-order valence-electron chi connectivity index (χ4n) is 4.91. The summed E-state index contributed by atoms with van der Waals surface area (Å²) in [6, 6.07) is 15.0. The fraction of sp³-hybridized carbons (Fsp3) is 0.345. The van der Waals surface area contributed by atoms with E-state index in [1.54, 1.807) is 6.20 Å². The van der Waals surface area contributed by atoms with Gasteiger partial charge in [-0.3, -0.25) is 0 Å². The molecule has 0 N–H and O–H groups in total. The van der Waals surface area contributed by atoms with Crippen LogP contribution in [0.25, 0.3) is 0 Å². The van der Waals surface area contributed by atoms with Crippen LogP contribution in [0.15, 0.2) is 48.7 Å². The SMILES string of the molecule is Cc1cc(C)c(N2[CH-]N(c3c(C)cc(C)cc3C)CC2)c(C)c1.[Cl][Ru]([Cl])=[CH]CCc1ccccn1. The third kappa shape index (κ3) is 7.87. The Hall–Kier alpha value is -1.74. The second kappa shape index (κ2) is 13.0. The molecule has 1 aliphatic rings. The molecule has 190 valence electrons. The minimum absolute atomic E-state index is 0.933. The van der Waals surface area contributed by atoms with Crippen molar-refractivity contribution in [1.29, 1.82) is 0 Å². The van der Waals surface area contributed by atoms with Gasteiger partial charge in [-0.2, -0.15) is 6.67 Å².